The number of anilines is 1. The van der Waals surface area contributed by atoms with Gasteiger partial charge in [0.15, 0.2) is 5.95 Å². The van der Waals surface area contributed by atoms with Gasteiger partial charge in [0.25, 0.3) is 0 Å². The number of thioether (sulfide) groups is 1. The van der Waals surface area contributed by atoms with E-state index in [9.17, 15) is 0 Å². The Bertz CT molecular complexity index is 266. The number of rotatable bonds is 2. The summed E-state index contributed by atoms with van der Waals surface area (Å²) in [6.07, 6.45) is 7.79. The molecule has 13 heavy (non-hydrogen) atoms. The summed E-state index contributed by atoms with van der Waals surface area (Å²) < 4.78 is 2.04. The molecule has 1 aromatic rings. The van der Waals surface area contributed by atoms with Crippen LogP contribution in [0.1, 0.15) is 19.3 Å². The minimum Gasteiger partial charge on any atom is -0.369 e. The first-order valence-corrected chi connectivity index (χ1v) is 5.79. The Morgan fingerprint density at radius 1 is 1.62 bits per heavy atom. The molecule has 1 aromatic heterocycles. The summed E-state index contributed by atoms with van der Waals surface area (Å²) >= 11 is 2.07. The molecular weight excluding hydrogens is 182 g/mol. The highest BCUT2D eigenvalue weighted by molar-refractivity contribution is 7.99. The minimum absolute atomic E-state index is 0.645. The maximum Gasteiger partial charge on any atom is 0.200 e. The van der Waals surface area contributed by atoms with Gasteiger partial charge in [0.2, 0.25) is 0 Å². The van der Waals surface area contributed by atoms with Gasteiger partial charge in [-0.2, -0.15) is 11.8 Å². The summed E-state index contributed by atoms with van der Waals surface area (Å²) in [5.41, 5.74) is 5.70. The largest absolute Gasteiger partial charge is 0.369 e. The molecule has 1 atom stereocenters. The molecule has 72 valence electrons. The molecule has 0 radical (unpaired) electrons. The van der Waals surface area contributed by atoms with E-state index >= 15 is 0 Å². The summed E-state index contributed by atoms with van der Waals surface area (Å²) in [6, 6.07) is 0. The number of nitrogen functional groups attached to an aromatic ring is 1. The van der Waals surface area contributed by atoms with Crippen molar-refractivity contribution in [3.63, 3.8) is 0 Å². The molecule has 0 aromatic carbocycles. The molecule has 0 bridgehead atoms. The van der Waals surface area contributed by atoms with Crippen LogP contribution >= 0.6 is 11.8 Å². The average molecular weight is 197 g/mol. The van der Waals surface area contributed by atoms with Gasteiger partial charge in [-0.3, -0.25) is 0 Å². The molecule has 0 spiro atoms. The Morgan fingerprint density at radius 2 is 2.54 bits per heavy atom. The van der Waals surface area contributed by atoms with Crippen molar-refractivity contribution in [3.05, 3.63) is 12.4 Å². The number of hydrogen-bond donors (Lipinski definition) is 1. The zero-order valence-electron chi connectivity index (χ0n) is 7.65. The van der Waals surface area contributed by atoms with Gasteiger partial charge < -0.3 is 10.3 Å². The van der Waals surface area contributed by atoms with Gasteiger partial charge in [0.05, 0.1) is 0 Å². The molecule has 0 amide bonds. The maximum absolute atomic E-state index is 5.70. The smallest absolute Gasteiger partial charge is 0.200 e. The van der Waals surface area contributed by atoms with Crippen LogP contribution in [0.3, 0.4) is 0 Å². The van der Waals surface area contributed by atoms with Gasteiger partial charge in [-0.15, -0.1) is 0 Å². The first-order valence-electron chi connectivity index (χ1n) is 4.74. The third-order valence-corrected chi connectivity index (χ3v) is 3.80. The third-order valence-electron chi connectivity index (χ3n) is 2.42. The lowest BCUT2D eigenvalue weighted by atomic mass is 10.2. The predicted molar refractivity (Wildman–Crippen MR) is 56.7 cm³/mol. The number of nitrogens with two attached hydrogens (primary N) is 1. The van der Waals surface area contributed by atoms with Crippen LogP contribution in [0.4, 0.5) is 5.95 Å². The highest BCUT2D eigenvalue weighted by atomic mass is 32.2. The fourth-order valence-corrected chi connectivity index (χ4v) is 2.97. The zero-order valence-corrected chi connectivity index (χ0v) is 8.46. The van der Waals surface area contributed by atoms with Crippen molar-refractivity contribution in [2.45, 2.75) is 31.1 Å². The zero-order chi connectivity index (χ0) is 9.10. The molecule has 1 saturated heterocycles. The lowest BCUT2D eigenvalue weighted by Gasteiger charge is -2.21. The topological polar surface area (TPSA) is 43.8 Å². The third kappa shape index (κ3) is 2.18. The van der Waals surface area contributed by atoms with E-state index in [0.29, 0.717) is 5.95 Å². The highest BCUT2D eigenvalue weighted by Crippen LogP contribution is 2.26. The SMILES string of the molecule is Nc1nccn1CC1CCCCS1. The van der Waals surface area contributed by atoms with Gasteiger partial charge in [0, 0.05) is 24.2 Å². The van der Waals surface area contributed by atoms with Gasteiger partial charge in [-0.05, 0) is 18.6 Å². The second-order valence-electron chi connectivity index (χ2n) is 3.43. The molecule has 1 aliphatic rings. The molecular formula is C9H15N3S. The lowest BCUT2D eigenvalue weighted by Crippen LogP contribution is -2.17. The maximum atomic E-state index is 5.70. The van der Waals surface area contributed by atoms with Crippen molar-refractivity contribution < 1.29 is 0 Å². The second kappa shape index (κ2) is 4.05. The Balaban J connectivity index is 1.93. The van der Waals surface area contributed by atoms with Crippen LogP contribution in [0.15, 0.2) is 12.4 Å². The molecule has 1 aliphatic heterocycles. The first kappa shape index (κ1) is 8.94. The molecule has 0 aliphatic carbocycles. The van der Waals surface area contributed by atoms with Crippen molar-refractivity contribution >= 4 is 17.7 Å². The quantitative estimate of drug-likeness (QED) is 0.785. The Labute approximate surface area is 82.7 Å². The summed E-state index contributed by atoms with van der Waals surface area (Å²) in [6.45, 7) is 1.02. The Kier molecular flexibility index (Phi) is 2.78. The van der Waals surface area contributed by atoms with E-state index in [1.165, 1.54) is 25.0 Å². The number of imidazole rings is 1. The number of aromatic nitrogens is 2. The van der Waals surface area contributed by atoms with Crippen LogP contribution in [0, 0.1) is 0 Å². The molecule has 2 rings (SSSR count). The molecule has 1 fully saturated rings. The molecule has 0 saturated carbocycles. The fourth-order valence-electron chi connectivity index (χ4n) is 1.67. The van der Waals surface area contributed by atoms with Crippen molar-refractivity contribution in [3.8, 4) is 0 Å². The first-order chi connectivity index (χ1) is 6.36. The van der Waals surface area contributed by atoms with E-state index in [1.54, 1.807) is 6.20 Å². The van der Waals surface area contributed by atoms with E-state index in [-0.39, 0.29) is 0 Å². The highest BCUT2D eigenvalue weighted by Gasteiger charge is 2.14. The number of hydrogen-bond acceptors (Lipinski definition) is 3. The normalized spacial score (nSPS) is 23.2. The van der Waals surface area contributed by atoms with E-state index in [0.717, 1.165) is 11.8 Å². The number of nitrogens with zero attached hydrogens (tertiary/aromatic N) is 2. The summed E-state index contributed by atoms with van der Waals surface area (Å²) in [5, 5.41) is 0.741. The van der Waals surface area contributed by atoms with Crippen LogP contribution in [0.25, 0.3) is 0 Å². The van der Waals surface area contributed by atoms with Crippen molar-refractivity contribution in [1.29, 1.82) is 0 Å². The van der Waals surface area contributed by atoms with Crippen LogP contribution < -0.4 is 5.73 Å². The second-order valence-corrected chi connectivity index (χ2v) is 4.83. The Morgan fingerprint density at radius 3 is 3.15 bits per heavy atom. The van der Waals surface area contributed by atoms with Gasteiger partial charge in [-0.25, -0.2) is 4.98 Å². The van der Waals surface area contributed by atoms with Gasteiger partial charge in [0.1, 0.15) is 0 Å². The average Bonchev–Trinajstić information content (AvgIpc) is 2.54. The standard InChI is InChI=1S/C9H15N3S/c10-9-11-4-5-12(9)7-8-3-1-2-6-13-8/h4-5,8H,1-3,6-7H2,(H2,10,11). The molecule has 2 N–H and O–H groups in total. The lowest BCUT2D eigenvalue weighted by molar-refractivity contribution is 0.587. The summed E-state index contributed by atoms with van der Waals surface area (Å²) in [5.74, 6) is 1.95. The van der Waals surface area contributed by atoms with E-state index in [4.69, 9.17) is 5.73 Å². The van der Waals surface area contributed by atoms with Crippen molar-refractivity contribution in [2.75, 3.05) is 11.5 Å². The van der Waals surface area contributed by atoms with Gasteiger partial charge in [-0.1, -0.05) is 6.42 Å². The van der Waals surface area contributed by atoms with Crippen LogP contribution in [-0.2, 0) is 6.54 Å². The predicted octanol–water partition coefficient (Wildman–Crippen LogP) is 1.75. The monoisotopic (exact) mass is 197 g/mol. The molecule has 2 heterocycles. The van der Waals surface area contributed by atoms with Crippen molar-refractivity contribution in [2.24, 2.45) is 0 Å². The molecule has 4 heteroatoms. The van der Waals surface area contributed by atoms with Crippen LogP contribution in [-0.4, -0.2) is 20.6 Å². The summed E-state index contributed by atoms with van der Waals surface area (Å²) in [7, 11) is 0. The molecule has 1 unspecified atom stereocenters. The van der Waals surface area contributed by atoms with Crippen LogP contribution in [0.5, 0.6) is 0 Å². The van der Waals surface area contributed by atoms with Gasteiger partial charge >= 0.3 is 0 Å². The fraction of sp³-hybridized carbons (Fsp3) is 0.667. The van der Waals surface area contributed by atoms with E-state index < -0.39 is 0 Å². The Hall–Kier alpha value is -0.640. The van der Waals surface area contributed by atoms with Crippen molar-refractivity contribution in [1.82, 2.24) is 9.55 Å². The van der Waals surface area contributed by atoms with E-state index in [2.05, 4.69) is 16.7 Å². The van der Waals surface area contributed by atoms with Crippen LogP contribution in [0.2, 0.25) is 0 Å². The molecule has 3 nitrogen and oxygen atoms in total. The summed E-state index contributed by atoms with van der Waals surface area (Å²) in [4.78, 5) is 4.01. The minimum atomic E-state index is 0.645. The van der Waals surface area contributed by atoms with E-state index in [1.807, 2.05) is 10.8 Å².